The first kappa shape index (κ1) is 14.1. The van der Waals surface area contributed by atoms with Crippen molar-refractivity contribution in [3.05, 3.63) is 29.0 Å². The number of aliphatic carboxylic acids is 1. The molecule has 0 saturated carbocycles. The number of rotatable bonds is 6. The summed E-state index contributed by atoms with van der Waals surface area (Å²) in [5, 5.41) is 17.5. The number of hydrogen-bond acceptors (Lipinski definition) is 5. The van der Waals surface area contributed by atoms with Crippen LogP contribution in [0.3, 0.4) is 0 Å². The van der Waals surface area contributed by atoms with Gasteiger partial charge in [0.15, 0.2) is 5.13 Å². The van der Waals surface area contributed by atoms with Gasteiger partial charge in [0.2, 0.25) is 0 Å². The standard InChI is InChI=1S/C14H18N4O2S/c19-13(20)10-4-1-5-11-12(10)17-14(21-11)15-6-2-8-18-9-3-7-16-18/h3,7,9-10H,1-2,4-6,8H2,(H,15,17)(H,19,20). The fourth-order valence-corrected chi connectivity index (χ4v) is 3.69. The van der Waals surface area contributed by atoms with Crippen molar-refractivity contribution in [3.8, 4) is 0 Å². The Morgan fingerprint density at radius 1 is 1.57 bits per heavy atom. The molecule has 2 aromatic heterocycles. The van der Waals surface area contributed by atoms with Crippen molar-refractivity contribution < 1.29 is 9.90 Å². The highest BCUT2D eigenvalue weighted by Gasteiger charge is 2.29. The molecule has 6 nitrogen and oxygen atoms in total. The molecule has 2 aromatic rings. The van der Waals surface area contributed by atoms with E-state index in [-0.39, 0.29) is 0 Å². The smallest absolute Gasteiger partial charge is 0.312 e. The molecule has 0 aliphatic heterocycles. The van der Waals surface area contributed by atoms with Gasteiger partial charge >= 0.3 is 5.97 Å². The van der Waals surface area contributed by atoms with Gasteiger partial charge in [-0.15, -0.1) is 11.3 Å². The molecule has 0 bridgehead atoms. The summed E-state index contributed by atoms with van der Waals surface area (Å²) in [6.07, 6.45) is 7.25. The van der Waals surface area contributed by atoms with Crippen molar-refractivity contribution in [1.29, 1.82) is 0 Å². The molecule has 21 heavy (non-hydrogen) atoms. The number of nitrogens with zero attached hydrogens (tertiary/aromatic N) is 3. The lowest BCUT2D eigenvalue weighted by Gasteiger charge is -2.16. The first-order chi connectivity index (χ1) is 10.2. The van der Waals surface area contributed by atoms with E-state index < -0.39 is 11.9 Å². The van der Waals surface area contributed by atoms with Crippen LogP contribution in [0.5, 0.6) is 0 Å². The number of aromatic nitrogens is 3. The van der Waals surface area contributed by atoms with Gasteiger partial charge in [-0.3, -0.25) is 9.48 Å². The predicted molar refractivity (Wildman–Crippen MR) is 80.8 cm³/mol. The summed E-state index contributed by atoms with van der Waals surface area (Å²) in [6.45, 7) is 1.67. The van der Waals surface area contributed by atoms with Crippen LogP contribution in [-0.4, -0.2) is 32.4 Å². The van der Waals surface area contributed by atoms with Crippen LogP contribution < -0.4 is 5.32 Å². The molecule has 1 aliphatic rings. The molecule has 0 radical (unpaired) electrons. The highest BCUT2D eigenvalue weighted by molar-refractivity contribution is 7.15. The zero-order chi connectivity index (χ0) is 14.7. The molecular formula is C14H18N4O2S. The first-order valence-corrected chi connectivity index (χ1v) is 7.99. The summed E-state index contributed by atoms with van der Waals surface area (Å²) in [6, 6.07) is 1.91. The molecule has 2 N–H and O–H groups in total. The van der Waals surface area contributed by atoms with E-state index in [0.717, 1.165) is 48.1 Å². The number of carboxylic acids is 1. The molecule has 0 fully saturated rings. The quantitative estimate of drug-likeness (QED) is 0.801. The van der Waals surface area contributed by atoms with Gasteiger partial charge in [-0.1, -0.05) is 0 Å². The van der Waals surface area contributed by atoms with Crippen LogP contribution in [0.2, 0.25) is 0 Å². The number of nitrogens with one attached hydrogen (secondary N) is 1. The molecule has 0 spiro atoms. The second-order valence-electron chi connectivity index (χ2n) is 5.16. The average molecular weight is 306 g/mol. The lowest BCUT2D eigenvalue weighted by atomic mass is 9.91. The van der Waals surface area contributed by atoms with E-state index in [1.807, 2.05) is 16.9 Å². The SMILES string of the molecule is O=C(O)C1CCCc2sc(NCCCn3cccn3)nc21. The van der Waals surface area contributed by atoms with Gasteiger partial charge in [0, 0.05) is 30.4 Å². The molecule has 0 saturated heterocycles. The minimum atomic E-state index is -0.758. The Bertz CT molecular complexity index is 609. The van der Waals surface area contributed by atoms with Crippen molar-refractivity contribution in [2.45, 2.75) is 38.1 Å². The molecule has 7 heteroatoms. The van der Waals surface area contributed by atoms with Crippen LogP contribution >= 0.6 is 11.3 Å². The minimum Gasteiger partial charge on any atom is -0.481 e. The van der Waals surface area contributed by atoms with Crippen LogP contribution in [-0.2, 0) is 17.8 Å². The van der Waals surface area contributed by atoms with E-state index in [1.165, 1.54) is 0 Å². The van der Waals surface area contributed by atoms with E-state index in [9.17, 15) is 9.90 Å². The van der Waals surface area contributed by atoms with Gasteiger partial charge in [-0.05, 0) is 31.7 Å². The monoisotopic (exact) mass is 306 g/mol. The second kappa shape index (κ2) is 6.26. The topological polar surface area (TPSA) is 80.0 Å². The Labute approximate surface area is 126 Å². The Balaban J connectivity index is 1.56. The highest BCUT2D eigenvalue weighted by atomic mass is 32.1. The van der Waals surface area contributed by atoms with Gasteiger partial charge in [0.1, 0.15) is 5.92 Å². The molecule has 112 valence electrons. The Morgan fingerprint density at radius 2 is 2.48 bits per heavy atom. The third-order valence-corrected chi connectivity index (χ3v) is 4.74. The molecule has 1 aliphatic carbocycles. The highest BCUT2D eigenvalue weighted by Crippen LogP contribution is 2.36. The average Bonchev–Trinajstić information content (AvgIpc) is 3.11. The summed E-state index contributed by atoms with van der Waals surface area (Å²) in [4.78, 5) is 16.9. The van der Waals surface area contributed by atoms with Gasteiger partial charge in [0.25, 0.3) is 0 Å². The summed E-state index contributed by atoms with van der Waals surface area (Å²) in [5.41, 5.74) is 0.772. The number of hydrogen-bond donors (Lipinski definition) is 2. The van der Waals surface area contributed by atoms with Gasteiger partial charge in [-0.2, -0.15) is 5.10 Å². The number of thiazole rings is 1. The Kier molecular flexibility index (Phi) is 4.19. The largest absolute Gasteiger partial charge is 0.481 e. The fraction of sp³-hybridized carbons (Fsp3) is 0.500. The van der Waals surface area contributed by atoms with E-state index in [2.05, 4.69) is 15.4 Å². The summed E-state index contributed by atoms with van der Waals surface area (Å²) >= 11 is 1.60. The minimum absolute atomic E-state index is 0.426. The lowest BCUT2D eigenvalue weighted by Crippen LogP contribution is -2.17. The maximum atomic E-state index is 11.3. The molecule has 1 unspecified atom stereocenters. The number of carbonyl (C=O) groups is 1. The van der Waals surface area contributed by atoms with Crippen molar-refractivity contribution in [3.63, 3.8) is 0 Å². The Morgan fingerprint density at radius 3 is 3.24 bits per heavy atom. The van der Waals surface area contributed by atoms with Crippen LogP contribution in [0, 0.1) is 0 Å². The number of fused-ring (bicyclic) bond motifs is 1. The zero-order valence-electron chi connectivity index (χ0n) is 11.7. The van der Waals surface area contributed by atoms with Gasteiger partial charge in [0.05, 0.1) is 5.69 Å². The van der Waals surface area contributed by atoms with E-state index in [1.54, 1.807) is 17.5 Å². The maximum absolute atomic E-state index is 11.3. The zero-order valence-corrected chi connectivity index (χ0v) is 12.5. The van der Waals surface area contributed by atoms with Gasteiger partial charge < -0.3 is 10.4 Å². The summed E-state index contributed by atoms with van der Waals surface area (Å²) in [5.74, 6) is -1.18. The van der Waals surface area contributed by atoms with Crippen molar-refractivity contribution in [2.24, 2.45) is 0 Å². The van der Waals surface area contributed by atoms with Gasteiger partial charge in [-0.25, -0.2) is 4.98 Å². The first-order valence-electron chi connectivity index (χ1n) is 7.18. The number of carboxylic acid groups (broad SMARTS) is 1. The van der Waals surface area contributed by atoms with Crippen LogP contribution in [0.1, 0.15) is 35.8 Å². The molecule has 0 amide bonds. The normalized spacial score (nSPS) is 17.4. The predicted octanol–water partition coefficient (Wildman–Crippen LogP) is 2.35. The summed E-state index contributed by atoms with van der Waals surface area (Å²) in [7, 11) is 0. The second-order valence-corrected chi connectivity index (χ2v) is 6.24. The fourth-order valence-electron chi connectivity index (χ4n) is 2.60. The molecule has 0 aromatic carbocycles. The van der Waals surface area contributed by atoms with Crippen molar-refractivity contribution >= 4 is 22.4 Å². The van der Waals surface area contributed by atoms with Crippen LogP contribution in [0.4, 0.5) is 5.13 Å². The lowest BCUT2D eigenvalue weighted by molar-refractivity contribution is -0.139. The van der Waals surface area contributed by atoms with Crippen LogP contribution in [0.15, 0.2) is 18.5 Å². The van der Waals surface area contributed by atoms with E-state index in [0.29, 0.717) is 6.42 Å². The molecule has 1 atom stereocenters. The van der Waals surface area contributed by atoms with Crippen LogP contribution in [0.25, 0.3) is 0 Å². The van der Waals surface area contributed by atoms with Crippen molar-refractivity contribution in [1.82, 2.24) is 14.8 Å². The molecular weight excluding hydrogens is 288 g/mol. The number of aryl methyl sites for hydroxylation is 2. The molecule has 3 rings (SSSR count). The third-order valence-electron chi connectivity index (χ3n) is 3.65. The van der Waals surface area contributed by atoms with E-state index in [4.69, 9.17) is 0 Å². The van der Waals surface area contributed by atoms with E-state index >= 15 is 0 Å². The number of anilines is 1. The van der Waals surface area contributed by atoms with Crippen molar-refractivity contribution in [2.75, 3.05) is 11.9 Å². The Hall–Kier alpha value is -1.89. The maximum Gasteiger partial charge on any atom is 0.312 e. The molecule has 2 heterocycles. The summed E-state index contributed by atoms with van der Waals surface area (Å²) < 4.78 is 1.90. The third kappa shape index (κ3) is 3.24.